The molecule has 1 aromatic heterocycles. The number of carbonyl (C=O) groups is 1. The maximum Gasteiger partial charge on any atom is 0.276 e. The second-order valence-electron chi connectivity index (χ2n) is 7.32. The normalized spacial score (nSPS) is 21.2. The largest absolute Gasteiger partial charge is 0.360 e. The van der Waals surface area contributed by atoms with Crippen LogP contribution in [0.3, 0.4) is 0 Å². The van der Waals surface area contributed by atoms with Crippen molar-refractivity contribution in [2.45, 2.75) is 44.2 Å². The summed E-state index contributed by atoms with van der Waals surface area (Å²) in [5, 5.41) is 4.00. The van der Waals surface area contributed by atoms with Crippen molar-refractivity contribution in [1.82, 2.24) is 15.0 Å². The first-order valence-corrected chi connectivity index (χ1v) is 9.21. The number of carbonyl (C=O) groups excluding carboxylic acids is 1. The molecule has 25 heavy (non-hydrogen) atoms. The molecular formula is C20H25N3O2. The van der Waals surface area contributed by atoms with Crippen molar-refractivity contribution in [2.24, 2.45) is 0 Å². The van der Waals surface area contributed by atoms with Crippen molar-refractivity contribution < 1.29 is 9.32 Å². The molecule has 4 rings (SSSR count). The zero-order chi connectivity index (χ0) is 17.2. The monoisotopic (exact) mass is 339 g/mol. The van der Waals surface area contributed by atoms with Crippen LogP contribution in [0.2, 0.25) is 0 Å². The number of amides is 1. The molecule has 5 nitrogen and oxygen atoms in total. The number of hydrogen-bond donors (Lipinski definition) is 0. The van der Waals surface area contributed by atoms with Gasteiger partial charge in [0.2, 0.25) is 0 Å². The molecule has 132 valence electrons. The van der Waals surface area contributed by atoms with E-state index in [9.17, 15) is 4.79 Å². The highest BCUT2D eigenvalue weighted by molar-refractivity contribution is 5.92. The first kappa shape index (κ1) is 16.3. The van der Waals surface area contributed by atoms with Gasteiger partial charge in [-0.1, -0.05) is 35.5 Å². The maximum absolute atomic E-state index is 12.8. The molecule has 0 spiro atoms. The van der Waals surface area contributed by atoms with E-state index >= 15 is 0 Å². The van der Waals surface area contributed by atoms with Crippen LogP contribution in [-0.4, -0.2) is 47.0 Å². The van der Waals surface area contributed by atoms with Crippen molar-refractivity contribution in [3.63, 3.8) is 0 Å². The molecule has 2 aromatic rings. The molecule has 0 unspecified atom stereocenters. The third-order valence-electron chi connectivity index (χ3n) is 5.32. The number of rotatable bonds is 5. The second-order valence-corrected chi connectivity index (χ2v) is 7.32. The molecule has 2 fully saturated rings. The summed E-state index contributed by atoms with van der Waals surface area (Å²) in [7, 11) is 1.89. The van der Waals surface area contributed by atoms with E-state index in [-0.39, 0.29) is 11.9 Å². The van der Waals surface area contributed by atoms with Crippen LogP contribution in [0, 0.1) is 0 Å². The van der Waals surface area contributed by atoms with Gasteiger partial charge < -0.3 is 9.42 Å². The number of nitrogens with zero attached hydrogens (tertiary/aromatic N) is 3. The Morgan fingerprint density at radius 1 is 1.28 bits per heavy atom. The summed E-state index contributed by atoms with van der Waals surface area (Å²) in [6.45, 7) is 2.93. The van der Waals surface area contributed by atoms with Crippen molar-refractivity contribution in [3.05, 3.63) is 53.4 Å². The van der Waals surface area contributed by atoms with Crippen LogP contribution in [0.15, 0.2) is 40.9 Å². The van der Waals surface area contributed by atoms with Gasteiger partial charge >= 0.3 is 0 Å². The molecule has 1 aromatic carbocycles. The smallest absolute Gasteiger partial charge is 0.276 e. The predicted octanol–water partition coefficient (Wildman–Crippen LogP) is 3.29. The minimum atomic E-state index is -0.0257. The number of aromatic nitrogens is 1. The molecule has 0 bridgehead atoms. The molecule has 5 heteroatoms. The Balaban J connectivity index is 1.38. The van der Waals surface area contributed by atoms with Crippen molar-refractivity contribution in [1.29, 1.82) is 0 Å². The van der Waals surface area contributed by atoms with Gasteiger partial charge in [0.25, 0.3) is 5.91 Å². The van der Waals surface area contributed by atoms with Crippen LogP contribution in [-0.2, 0) is 6.54 Å². The summed E-state index contributed by atoms with van der Waals surface area (Å²) in [5.41, 5.74) is 1.77. The molecule has 2 aliphatic rings. The average Bonchev–Trinajstić information content (AvgIpc) is 3.38. The van der Waals surface area contributed by atoms with Gasteiger partial charge in [-0.25, -0.2) is 0 Å². The van der Waals surface area contributed by atoms with Crippen LogP contribution >= 0.6 is 0 Å². The van der Waals surface area contributed by atoms with E-state index in [0.29, 0.717) is 11.6 Å². The van der Waals surface area contributed by atoms with Crippen LogP contribution in [0.5, 0.6) is 0 Å². The number of piperidine rings is 1. The summed E-state index contributed by atoms with van der Waals surface area (Å²) in [5.74, 6) is 1.32. The molecular weight excluding hydrogens is 314 g/mol. The quantitative estimate of drug-likeness (QED) is 0.839. The third-order valence-corrected chi connectivity index (χ3v) is 5.32. The summed E-state index contributed by atoms with van der Waals surface area (Å²) in [6, 6.07) is 12.6. The van der Waals surface area contributed by atoms with Gasteiger partial charge in [0.1, 0.15) is 5.76 Å². The van der Waals surface area contributed by atoms with E-state index in [1.54, 1.807) is 0 Å². The third kappa shape index (κ3) is 3.76. The van der Waals surface area contributed by atoms with E-state index in [2.05, 4.69) is 34.3 Å². The summed E-state index contributed by atoms with van der Waals surface area (Å²) < 4.78 is 5.34. The first-order valence-electron chi connectivity index (χ1n) is 9.21. The summed E-state index contributed by atoms with van der Waals surface area (Å²) >= 11 is 0. The minimum Gasteiger partial charge on any atom is -0.360 e. The molecule has 1 aliphatic carbocycles. The van der Waals surface area contributed by atoms with Crippen LogP contribution in [0.1, 0.15) is 53.4 Å². The van der Waals surface area contributed by atoms with Gasteiger partial charge in [-0.05, 0) is 37.8 Å². The lowest BCUT2D eigenvalue weighted by Crippen LogP contribution is -2.48. The van der Waals surface area contributed by atoms with Gasteiger partial charge in [0.05, 0.1) is 0 Å². The zero-order valence-electron chi connectivity index (χ0n) is 14.7. The summed E-state index contributed by atoms with van der Waals surface area (Å²) in [4.78, 5) is 17.0. The fourth-order valence-electron chi connectivity index (χ4n) is 3.63. The highest BCUT2D eigenvalue weighted by Crippen LogP contribution is 2.40. The highest BCUT2D eigenvalue weighted by atomic mass is 16.5. The van der Waals surface area contributed by atoms with Gasteiger partial charge in [0, 0.05) is 38.2 Å². The van der Waals surface area contributed by atoms with Gasteiger partial charge in [-0.3, -0.25) is 9.69 Å². The van der Waals surface area contributed by atoms with Crippen molar-refractivity contribution in [2.75, 3.05) is 20.1 Å². The fourth-order valence-corrected chi connectivity index (χ4v) is 3.63. The lowest BCUT2D eigenvalue weighted by atomic mass is 10.0. The average molecular weight is 339 g/mol. The molecule has 0 radical (unpaired) electrons. The van der Waals surface area contributed by atoms with Gasteiger partial charge in [-0.2, -0.15) is 0 Å². The lowest BCUT2D eigenvalue weighted by molar-refractivity contribution is 0.0599. The SMILES string of the molecule is CN(C(=O)c1cc(C2CC2)on1)[C@@H]1CCCN(Cc2ccccc2)C1. The standard InChI is InChI=1S/C20H25N3O2/c1-22(20(24)18-12-19(25-21-18)16-9-10-16)17-8-5-11-23(14-17)13-15-6-3-2-4-7-15/h2-4,6-7,12,16-17H,5,8-11,13-14H2,1H3/t17-/m1/s1. The van der Waals surface area contributed by atoms with Gasteiger partial charge in [-0.15, -0.1) is 0 Å². The van der Waals surface area contributed by atoms with Gasteiger partial charge in [0.15, 0.2) is 5.69 Å². The summed E-state index contributed by atoms with van der Waals surface area (Å²) in [6.07, 6.45) is 4.45. The predicted molar refractivity (Wildman–Crippen MR) is 95.3 cm³/mol. The molecule has 1 atom stereocenters. The molecule has 0 N–H and O–H groups in total. The Bertz CT molecular complexity index is 724. The Labute approximate surface area is 148 Å². The first-order chi connectivity index (χ1) is 12.2. The van der Waals surface area contributed by atoms with E-state index in [1.807, 2.05) is 24.1 Å². The minimum absolute atomic E-state index is 0.0257. The Hall–Kier alpha value is -2.14. The zero-order valence-corrected chi connectivity index (χ0v) is 14.7. The van der Waals surface area contributed by atoms with Crippen LogP contribution in [0.4, 0.5) is 0 Å². The van der Waals surface area contributed by atoms with Crippen molar-refractivity contribution in [3.8, 4) is 0 Å². The van der Waals surface area contributed by atoms with Crippen molar-refractivity contribution >= 4 is 5.91 Å². The molecule has 1 aliphatic heterocycles. The number of likely N-dealkylation sites (N-methyl/N-ethyl adjacent to an activating group) is 1. The van der Waals surface area contributed by atoms with E-state index in [1.165, 1.54) is 5.56 Å². The Morgan fingerprint density at radius 3 is 2.84 bits per heavy atom. The number of benzene rings is 1. The van der Waals surface area contributed by atoms with Crippen LogP contribution < -0.4 is 0 Å². The van der Waals surface area contributed by atoms with E-state index in [4.69, 9.17) is 4.52 Å². The molecule has 1 saturated carbocycles. The second kappa shape index (κ2) is 7.00. The Kier molecular flexibility index (Phi) is 4.57. The molecule has 2 heterocycles. The fraction of sp³-hybridized carbons (Fsp3) is 0.500. The topological polar surface area (TPSA) is 49.6 Å². The lowest BCUT2D eigenvalue weighted by Gasteiger charge is -2.37. The molecule has 1 saturated heterocycles. The number of likely N-dealkylation sites (tertiary alicyclic amines) is 1. The Morgan fingerprint density at radius 2 is 2.08 bits per heavy atom. The number of hydrogen-bond acceptors (Lipinski definition) is 4. The molecule has 1 amide bonds. The van der Waals surface area contributed by atoms with E-state index < -0.39 is 0 Å². The maximum atomic E-state index is 12.8. The van der Waals surface area contributed by atoms with Crippen LogP contribution in [0.25, 0.3) is 0 Å². The van der Waals surface area contributed by atoms with E-state index in [0.717, 1.165) is 51.1 Å². The highest BCUT2D eigenvalue weighted by Gasteiger charge is 2.31.